The van der Waals surface area contributed by atoms with Gasteiger partial charge in [-0.1, -0.05) is 18.2 Å². The predicted molar refractivity (Wildman–Crippen MR) is 186 cm³/mol. The van der Waals surface area contributed by atoms with E-state index in [2.05, 4.69) is 17.4 Å². The monoisotopic (exact) mass is 651 g/mol. The summed E-state index contributed by atoms with van der Waals surface area (Å²) in [4.78, 5) is 32.9. The van der Waals surface area contributed by atoms with Gasteiger partial charge in [0.1, 0.15) is 5.75 Å². The normalized spacial score (nSPS) is 26.2. The van der Waals surface area contributed by atoms with Gasteiger partial charge in [0, 0.05) is 12.2 Å². The summed E-state index contributed by atoms with van der Waals surface area (Å²) in [6, 6.07) is 21.3. The minimum Gasteiger partial charge on any atom is -0.497 e. The zero-order valence-electron chi connectivity index (χ0n) is 27.2. The highest BCUT2D eigenvalue weighted by Gasteiger charge is 2.51. The summed E-state index contributed by atoms with van der Waals surface area (Å²) in [6.07, 6.45) is 10.1. The number of carbonyl (C=O) groups excluding carboxylic acids is 2. The molecule has 5 fully saturated rings. The van der Waals surface area contributed by atoms with Crippen molar-refractivity contribution in [2.75, 3.05) is 32.7 Å². The number of nitrogens with one attached hydrogen (secondary N) is 1. The Balaban J connectivity index is 0.974. The molecule has 0 aromatic heterocycles. The zero-order chi connectivity index (χ0) is 32.5. The van der Waals surface area contributed by atoms with E-state index < -0.39 is 0 Å². The van der Waals surface area contributed by atoms with Crippen LogP contribution in [-0.4, -0.2) is 49.3 Å². The van der Waals surface area contributed by atoms with E-state index in [1.54, 1.807) is 31.3 Å². The summed E-state index contributed by atoms with van der Waals surface area (Å²) in [7, 11) is 3.17. The Morgan fingerprint density at radius 3 is 2.23 bits per heavy atom. The molecule has 4 bridgehead atoms. The molecular formula is C38H41N3O5S. The summed E-state index contributed by atoms with van der Waals surface area (Å²) in [5, 5.41) is 3.59. The van der Waals surface area contributed by atoms with Crippen molar-refractivity contribution in [1.29, 1.82) is 0 Å². The van der Waals surface area contributed by atoms with Gasteiger partial charge in [-0.05, 0) is 146 Å². The summed E-state index contributed by atoms with van der Waals surface area (Å²) < 4.78 is 16.7. The van der Waals surface area contributed by atoms with Gasteiger partial charge in [-0.2, -0.15) is 0 Å². The van der Waals surface area contributed by atoms with Crippen LogP contribution in [0.1, 0.15) is 56.6 Å². The summed E-state index contributed by atoms with van der Waals surface area (Å²) in [6.45, 7) is 2.27. The molecule has 9 heteroatoms. The van der Waals surface area contributed by atoms with Crippen molar-refractivity contribution in [3.63, 3.8) is 0 Å². The first-order valence-electron chi connectivity index (χ1n) is 16.5. The molecule has 0 atom stereocenters. The summed E-state index contributed by atoms with van der Waals surface area (Å²) in [5.41, 5.74) is 4.06. The van der Waals surface area contributed by atoms with Crippen LogP contribution >= 0.6 is 11.8 Å². The number of aliphatic imine (C=N–C) groups is 1. The molecule has 0 spiro atoms. The second-order valence-electron chi connectivity index (χ2n) is 13.3. The van der Waals surface area contributed by atoms with Crippen molar-refractivity contribution >= 4 is 46.2 Å². The van der Waals surface area contributed by atoms with E-state index in [0.717, 1.165) is 40.4 Å². The Bertz CT molecular complexity index is 1680. The number of ether oxygens (including phenoxy) is 3. The summed E-state index contributed by atoms with van der Waals surface area (Å²) in [5.74, 6) is 4.02. The molecule has 4 aliphatic carbocycles. The van der Waals surface area contributed by atoms with Gasteiger partial charge in [0.25, 0.3) is 11.8 Å². The van der Waals surface area contributed by atoms with Crippen LogP contribution in [0.25, 0.3) is 6.08 Å². The van der Waals surface area contributed by atoms with Gasteiger partial charge in [-0.3, -0.25) is 14.5 Å². The fraction of sp³-hybridized carbons (Fsp3) is 0.395. The number of carbonyl (C=O) groups is 2. The number of hydrogen-bond donors (Lipinski definition) is 1. The first-order valence-corrected chi connectivity index (χ1v) is 17.3. The average Bonchev–Trinajstić information content (AvgIpc) is 3.36. The van der Waals surface area contributed by atoms with Crippen molar-refractivity contribution in [2.24, 2.45) is 22.7 Å². The van der Waals surface area contributed by atoms with E-state index in [-0.39, 0.29) is 18.4 Å². The SMILES string of the molecule is CCN1C(=O)/C(=C/c2ccc(OCC(=O)Nc3ccc(C45CC6CC(CC(C6)C4)C5)cc3)c(OC)c2)SC1=Nc1ccc(OC)cc1. The number of methoxy groups -OCH3 is 2. The molecule has 1 N–H and O–H groups in total. The maximum absolute atomic E-state index is 13.2. The highest BCUT2D eigenvalue weighted by Crippen LogP contribution is 2.60. The van der Waals surface area contributed by atoms with Gasteiger partial charge in [-0.25, -0.2) is 4.99 Å². The highest BCUT2D eigenvalue weighted by molar-refractivity contribution is 8.18. The quantitative estimate of drug-likeness (QED) is 0.225. The first kappa shape index (κ1) is 31.4. The van der Waals surface area contributed by atoms with E-state index in [9.17, 15) is 9.59 Å². The third-order valence-electron chi connectivity index (χ3n) is 10.2. The number of thioether (sulfide) groups is 1. The lowest BCUT2D eigenvalue weighted by Crippen LogP contribution is -2.48. The molecule has 0 unspecified atom stereocenters. The second kappa shape index (κ2) is 13.1. The highest BCUT2D eigenvalue weighted by atomic mass is 32.2. The molecule has 1 heterocycles. The smallest absolute Gasteiger partial charge is 0.266 e. The van der Waals surface area contributed by atoms with Crippen molar-refractivity contribution in [3.8, 4) is 17.2 Å². The van der Waals surface area contributed by atoms with Crippen molar-refractivity contribution in [1.82, 2.24) is 4.90 Å². The lowest BCUT2D eigenvalue weighted by atomic mass is 9.48. The van der Waals surface area contributed by atoms with Crippen LogP contribution in [0.15, 0.2) is 76.6 Å². The average molecular weight is 652 g/mol. The van der Waals surface area contributed by atoms with Crippen LogP contribution in [0.4, 0.5) is 11.4 Å². The first-order chi connectivity index (χ1) is 22.8. The molecule has 4 saturated carbocycles. The number of nitrogens with zero attached hydrogens (tertiary/aromatic N) is 2. The van der Waals surface area contributed by atoms with E-state index in [4.69, 9.17) is 19.2 Å². The number of rotatable bonds is 10. The minimum atomic E-state index is -0.239. The molecule has 1 aliphatic heterocycles. The Labute approximate surface area is 280 Å². The van der Waals surface area contributed by atoms with E-state index in [1.807, 2.05) is 55.5 Å². The third-order valence-corrected chi connectivity index (χ3v) is 11.2. The molecule has 3 aromatic rings. The molecular weight excluding hydrogens is 611 g/mol. The van der Waals surface area contributed by atoms with Gasteiger partial charge in [0.05, 0.1) is 24.8 Å². The Morgan fingerprint density at radius 2 is 1.62 bits per heavy atom. The molecule has 2 amide bonds. The van der Waals surface area contributed by atoms with Crippen LogP contribution in [0, 0.1) is 17.8 Å². The van der Waals surface area contributed by atoms with E-state index in [0.29, 0.717) is 33.5 Å². The summed E-state index contributed by atoms with van der Waals surface area (Å²) >= 11 is 1.33. The van der Waals surface area contributed by atoms with Gasteiger partial charge in [0.2, 0.25) is 0 Å². The predicted octanol–water partition coefficient (Wildman–Crippen LogP) is 7.81. The third kappa shape index (κ3) is 6.50. The number of likely N-dealkylation sites (N-methyl/N-ethyl adjacent to an activating group) is 1. The van der Waals surface area contributed by atoms with Gasteiger partial charge >= 0.3 is 0 Å². The Kier molecular flexibility index (Phi) is 8.75. The van der Waals surface area contributed by atoms with Crippen LogP contribution in [0.5, 0.6) is 17.2 Å². The number of amides is 2. The van der Waals surface area contributed by atoms with Crippen molar-refractivity contribution in [3.05, 3.63) is 82.8 Å². The Morgan fingerprint density at radius 1 is 0.936 bits per heavy atom. The maximum Gasteiger partial charge on any atom is 0.266 e. The standard InChI is InChI=1S/C38H41N3O5S/c1-4-41-36(43)34(47-37(41)40-30-10-12-31(44-2)13-11-30)19-24-5-14-32(33(18-24)45-3)46-23-35(42)39-29-8-6-28(7-9-29)38-20-25-15-26(21-38)17-27(16-25)22-38/h5-14,18-19,25-27H,4,15-17,20-23H2,1-3H3,(H,39,42)/b34-19-,40-37?. The van der Waals surface area contributed by atoms with Gasteiger partial charge in [0.15, 0.2) is 23.3 Å². The lowest BCUT2D eigenvalue weighted by molar-refractivity contribution is -0.122. The molecule has 1 saturated heterocycles. The fourth-order valence-electron chi connectivity index (χ4n) is 8.39. The van der Waals surface area contributed by atoms with Gasteiger partial charge in [-0.15, -0.1) is 0 Å². The largest absolute Gasteiger partial charge is 0.497 e. The topological polar surface area (TPSA) is 89.5 Å². The van der Waals surface area contributed by atoms with Gasteiger partial charge < -0.3 is 19.5 Å². The van der Waals surface area contributed by atoms with Crippen LogP contribution < -0.4 is 19.5 Å². The van der Waals surface area contributed by atoms with Crippen molar-refractivity contribution in [2.45, 2.75) is 50.9 Å². The van der Waals surface area contributed by atoms with Crippen LogP contribution in [0.2, 0.25) is 0 Å². The number of benzene rings is 3. The zero-order valence-corrected chi connectivity index (χ0v) is 28.0. The fourth-order valence-corrected chi connectivity index (χ4v) is 9.46. The van der Waals surface area contributed by atoms with E-state index >= 15 is 0 Å². The Hall–Kier alpha value is -4.24. The van der Waals surface area contributed by atoms with Crippen molar-refractivity contribution < 1.29 is 23.8 Å². The molecule has 8 nitrogen and oxygen atoms in total. The van der Waals surface area contributed by atoms with Crippen LogP contribution in [0.3, 0.4) is 0 Å². The minimum absolute atomic E-state index is 0.105. The maximum atomic E-state index is 13.2. The molecule has 8 rings (SSSR count). The van der Waals surface area contributed by atoms with Crippen LogP contribution in [-0.2, 0) is 15.0 Å². The molecule has 5 aliphatic rings. The molecule has 47 heavy (non-hydrogen) atoms. The number of hydrogen-bond acceptors (Lipinski definition) is 7. The molecule has 244 valence electrons. The number of anilines is 1. The lowest BCUT2D eigenvalue weighted by Gasteiger charge is -2.57. The van der Waals surface area contributed by atoms with E-state index in [1.165, 1.54) is 55.9 Å². The molecule has 0 radical (unpaired) electrons. The number of amidine groups is 1. The molecule has 3 aromatic carbocycles. The second-order valence-corrected chi connectivity index (χ2v) is 14.3.